The van der Waals surface area contributed by atoms with Crippen molar-refractivity contribution in [2.75, 3.05) is 32.8 Å². The molecule has 2 saturated heterocycles. The molecule has 158 valence electrons. The second-order valence-corrected chi connectivity index (χ2v) is 8.20. The number of ether oxygens (including phenoxy) is 1. The van der Waals surface area contributed by atoms with Crippen molar-refractivity contribution in [1.82, 2.24) is 15.1 Å². The van der Waals surface area contributed by atoms with E-state index in [2.05, 4.69) is 24.1 Å². The van der Waals surface area contributed by atoms with Gasteiger partial charge in [0.05, 0.1) is 12.2 Å². The number of hydrogen-bond donors (Lipinski definition) is 2. The maximum absolute atomic E-state index is 12.9. The first-order chi connectivity index (χ1) is 13.8. The van der Waals surface area contributed by atoms with Crippen LogP contribution in [0, 0.1) is 5.92 Å². The smallest absolute Gasteiger partial charge is 0.335 e. The summed E-state index contributed by atoms with van der Waals surface area (Å²) < 4.78 is 5.59. The molecule has 1 aromatic carbocycles. The summed E-state index contributed by atoms with van der Waals surface area (Å²) in [7, 11) is 0. The Labute approximate surface area is 170 Å². The van der Waals surface area contributed by atoms with Crippen LogP contribution in [0.15, 0.2) is 24.3 Å². The van der Waals surface area contributed by atoms with Crippen LogP contribution in [0.4, 0.5) is 4.79 Å². The lowest BCUT2D eigenvalue weighted by molar-refractivity contribution is -0.133. The molecule has 1 aromatic rings. The van der Waals surface area contributed by atoms with Gasteiger partial charge in [-0.05, 0) is 49.4 Å². The summed E-state index contributed by atoms with van der Waals surface area (Å²) in [4.78, 5) is 39.8. The molecular formula is C21H29N3O5. The van der Waals surface area contributed by atoms with Gasteiger partial charge in [-0.15, -0.1) is 0 Å². The average molecular weight is 403 g/mol. The Kier molecular flexibility index (Phi) is 6.42. The van der Waals surface area contributed by atoms with E-state index < -0.39 is 11.5 Å². The third-order valence-electron chi connectivity index (χ3n) is 5.47. The predicted octanol–water partition coefficient (Wildman–Crippen LogP) is 2.20. The molecule has 2 fully saturated rings. The van der Waals surface area contributed by atoms with Gasteiger partial charge >= 0.3 is 12.0 Å². The van der Waals surface area contributed by atoms with Gasteiger partial charge in [-0.2, -0.15) is 0 Å². The van der Waals surface area contributed by atoms with Gasteiger partial charge in [0.2, 0.25) is 0 Å². The fraction of sp³-hybridized carbons (Fsp3) is 0.571. The summed E-state index contributed by atoms with van der Waals surface area (Å²) in [6, 6.07) is 5.82. The quantitative estimate of drug-likeness (QED) is 0.510. The summed E-state index contributed by atoms with van der Waals surface area (Å²) in [5, 5.41) is 11.8. The standard InChI is InChI=1S/C21H29N3O5/c1-15(2)14-23-11-8-21(9-12-23)19(27)24(20(28)22-21)10-3-13-29-17-6-4-16(5-7-17)18(25)26/h4-7,15H,3,8-14H2,1-2H3,(H,22,28)(H,25,26). The molecule has 3 rings (SSSR count). The van der Waals surface area contributed by atoms with Crippen LogP contribution in [0.2, 0.25) is 0 Å². The largest absolute Gasteiger partial charge is 0.494 e. The number of likely N-dealkylation sites (tertiary alicyclic amines) is 1. The summed E-state index contributed by atoms with van der Waals surface area (Å²) in [5.41, 5.74) is -0.556. The van der Waals surface area contributed by atoms with Gasteiger partial charge in [0, 0.05) is 26.2 Å². The number of carboxylic acid groups (broad SMARTS) is 1. The molecule has 1 spiro atoms. The van der Waals surface area contributed by atoms with Crippen LogP contribution in [0.3, 0.4) is 0 Å². The minimum absolute atomic E-state index is 0.127. The van der Waals surface area contributed by atoms with E-state index in [0.29, 0.717) is 44.1 Å². The van der Waals surface area contributed by atoms with Crippen LogP contribution in [0.25, 0.3) is 0 Å². The number of carbonyl (C=O) groups excluding carboxylic acids is 2. The lowest BCUT2D eigenvalue weighted by atomic mass is 9.87. The molecule has 0 unspecified atom stereocenters. The van der Waals surface area contributed by atoms with Crippen molar-refractivity contribution in [3.8, 4) is 5.75 Å². The molecule has 0 aliphatic carbocycles. The fourth-order valence-corrected chi connectivity index (χ4v) is 3.96. The van der Waals surface area contributed by atoms with Crippen molar-refractivity contribution in [1.29, 1.82) is 0 Å². The number of aromatic carboxylic acids is 1. The first-order valence-electron chi connectivity index (χ1n) is 10.1. The minimum atomic E-state index is -0.987. The monoisotopic (exact) mass is 403 g/mol. The van der Waals surface area contributed by atoms with Gasteiger partial charge in [-0.25, -0.2) is 9.59 Å². The average Bonchev–Trinajstić information content (AvgIpc) is 2.91. The second-order valence-electron chi connectivity index (χ2n) is 8.20. The van der Waals surface area contributed by atoms with E-state index in [1.54, 1.807) is 12.1 Å². The van der Waals surface area contributed by atoms with Crippen LogP contribution in [0.1, 0.15) is 43.5 Å². The minimum Gasteiger partial charge on any atom is -0.494 e. The number of carbonyl (C=O) groups is 3. The first kappa shape index (κ1) is 21.1. The number of benzene rings is 1. The zero-order valence-electron chi connectivity index (χ0n) is 17.0. The molecule has 0 saturated carbocycles. The third-order valence-corrected chi connectivity index (χ3v) is 5.47. The second kappa shape index (κ2) is 8.82. The zero-order chi connectivity index (χ0) is 21.0. The molecule has 2 heterocycles. The fourth-order valence-electron chi connectivity index (χ4n) is 3.96. The first-order valence-corrected chi connectivity index (χ1v) is 10.1. The highest BCUT2D eigenvalue weighted by molar-refractivity contribution is 6.07. The van der Waals surface area contributed by atoms with Gasteiger partial charge in [-0.1, -0.05) is 13.8 Å². The van der Waals surface area contributed by atoms with Crippen molar-refractivity contribution in [2.45, 2.75) is 38.6 Å². The van der Waals surface area contributed by atoms with Crippen LogP contribution in [-0.2, 0) is 4.79 Å². The van der Waals surface area contributed by atoms with Gasteiger partial charge in [0.15, 0.2) is 0 Å². The summed E-state index contributed by atoms with van der Waals surface area (Å²) in [6.07, 6.45) is 1.80. The number of amides is 3. The Morgan fingerprint density at radius 1 is 1.21 bits per heavy atom. The Hall–Kier alpha value is -2.61. The van der Waals surface area contributed by atoms with Crippen molar-refractivity contribution in [3.05, 3.63) is 29.8 Å². The van der Waals surface area contributed by atoms with E-state index in [1.165, 1.54) is 17.0 Å². The van der Waals surface area contributed by atoms with Crippen molar-refractivity contribution in [3.63, 3.8) is 0 Å². The molecule has 0 atom stereocenters. The molecule has 2 aliphatic rings. The van der Waals surface area contributed by atoms with Crippen LogP contribution < -0.4 is 10.1 Å². The Bertz CT molecular complexity index is 754. The van der Waals surface area contributed by atoms with Crippen LogP contribution in [-0.4, -0.2) is 71.1 Å². The van der Waals surface area contributed by atoms with E-state index >= 15 is 0 Å². The summed E-state index contributed by atoms with van der Waals surface area (Å²) >= 11 is 0. The van der Waals surface area contributed by atoms with Crippen molar-refractivity contribution in [2.24, 2.45) is 5.92 Å². The number of carboxylic acids is 1. The lowest BCUT2D eigenvalue weighted by Crippen LogP contribution is -2.55. The molecular weight excluding hydrogens is 374 g/mol. The zero-order valence-corrected chi connectivity index (χ0v) is 17.0. The van der Waals surface area contributed by atoms with Crippen molar-refractivity contribution < 1.29 is 24.2 Å². The number of imide groups is 1. The van der Waals surface area contributed by atoms with Gasteiger partial charge in [0.25, 0.3) is 5.91 Å². The molecule has 2 N–H and O–H groups in total. The van der Waals surface area contributed by atoms with E-state index in [9.17, 15) is 14.4 Å². The highest BCUT2D eigenvalue weighted by atomic mass is 16.5. The number of hydrogen-bond acceptors (Lipinski definition) is 5. The highest BCUT2D eigenvalue weighted by Crippen LogP contribution is 2.30. The number of piperidine rings is 1. The van der Waals surface area contributed by atoms with Gasteiger partial charge < -0.3 is 20.1 Å². The summed E-state index contributed by atoms with van der Waals surface area (Å²) in [5.74, 6) is 0.0209. The molecule has 8 nitrogen and oxygen atoms in total. The van der Waals surface area contributed by atoms with E-state index in [-0.39, 0.29) is 17.5 Å². The number of nitrogens with zero attached hydrogens (tertiary/aromatic N) is 2. The Morgan fingerprint density at radius 2 is 1.86 bits per heavy atom. The molecule has 2 aliphatic heterocycles. The van der Waals surface area contributed by atoms with E-state index in [1.807, 2.05) is 0 Å². The SMILES string of the molecule is CC(C)CN1CCC2(CC1)NC(=O)N(CCCOc1ccc(C(=O)O)cc1)C2=O. The maximum Gasteiger partial charge on any atom is 0.335 e. The topological polar surface area (TPSA) is 99.2 Å². The Morgan fingerprint density at radius 3 is 2.45 bits per heavy atom. The van der Waals surface area contributed by atoms with Crippen LogP contribution in [0.5, 0.6) is 5.75 Å². The van der Waals surface area contributed by atoms with Crippen LogP contribution >= 0.6 is 0 Å². The number of nitrogens with one attached hydrogen (secondary N) is 1. The molecule has 0 aromatic heterocycles. The lowest BCUT2D eigenvalue weighted by Gasteiger charge is -2.37. The molecule has 3 amide bonds. The highest BCUT2D eigenvalue weighted by Gasteiger charge is 2.51. The molecule has 0 radical (unpaired) electrons. The number of rotatable bonds is 8. The third kappa shape index (κ3) is 4.87. The maximum atomic E-state index is 12.9. The van der Waals surface area contributed by atoms with E-state index in [4.69, 9.17) is 9.84 Å². The van der Waals surface area contributed by atoms with Gasteiger partial charge in [0.1, 0.15) is 11.3 Å². The van der Waals surface area contributed by atoms with Crippen molar-refractivity contribution >= 4 is 17.9 Å². The van der Waals surface area contributed by atoms with E-state index in [0.717, 1.165) is 19.6 Å². The normalized spacial score (nSPS) is 19.1. The molecule has 8 heteroatoms. The number of urea groups is 1. The molecule has 29 heavy (non-hydrogen) atoms. The Balaban J connectivity index is 1.46. The summed E-state index contributed by atoms with van der Waals surface area (Å²) in [6.45, 7) is 7.62. The predicted molar refractivity (Wildman–Crippen MR) is 107 cm³/mol. The van der Waals surface area contributed by atoms with Gasteiger partial charge in [-0.3, -0.25) is 9.69 Å². The molecule has 0 bridgehead atoms.